The smallest absolute Gasteiger partial charge is 0.271 e. The molecule has 0 atom stereocenters. The maximum absolute atomic E-state index is 12.1. The number of hydrogen-bond donors (Lipinski definition) is 4. The number of anilines is 4. The molecule has 8 heteroatoms. The molecule has 132 valence electrons. The highest BCUT2D eigenvalue weighted by Gasteiger charge is 2.11. The van der Waals surface area contributed by atoms with Crippen LogP contribution < -0.4 is 21.9 Å². The molecule has 3 aromatic rings. The Morgan fingerprint density at radius 2 is 1.92 bits per heavy atom. The predicted octanol–water partition coefficient (Wildman–Crippen LogP) is 2.57. The van der Waals surface area contributed by atoms with Gasteiger partial charge in [-0.15, -0.1) is 0 Å². The van der Waals surface area contributed by atoms with Gasteiger partial charge in [-0.3, -0.25) is 20.6 Å². The van der Waals surface area contributed by atoms with Gasteiger partial charge >= 0.3 is 0 Å². The van der Waals surface area contributed by atoms with Gasteiger partial charge in [-0.05, 0) is 43.2 Å². The number of pyridine rings is 1. The number of hydrogen-bond acceptors (Lipinski definition) is 7. The van der Waals surface area contributed by atoms with Crippen LogP contribution in [0.15, 0.2) is 49.1 Å². The minimum atomic E-state index is -0.347. The van der Waals surface area contributed by atoms with Crippen LogP contribution >= 0.6 is 0 Å². The Hall–Kier alpha value is -3.68. The minimum absolute atomic E-state index is 0.292. The molecule has 0 radical (unpaired) electrons. The summed E-state index contributed by atoms with van der Waals surface area (Å²) in [6.45, 7) is 4.00. The monoisotopic (exact) mass is 349 g/mol. The van der Waals surface area contributed by atoms with Crippen molar-refractivity contribution < 1.29 is 4.79 Å². The van der Waals surface area contributed by atoms with Crippen LogP contribution in [0.2, 0.25) is 0 Å². The Labute approximate surface area is 150 Å². The summed E-state index contributed by atoms with van der Waals surface area (Å²) in [5.41, 5.74) is 15.2. The van der Waals surface area contributed by atoms with Crippen LogP contribution in [0.1, 0.15) is 21.5 Å². The number of nitrogens with one attached hydrogen (secondary N) is 3. The third kappa shape index (κ3) is 3.86. The van der Waals surface area contributed by atoms with Gasteiger partial charge in [0.25, 0.3) is 5.91 Å². The SMILES string of the molecule is Cc1ccc(C)c(Nc2ncnc(NNC(=O)c3cccnc3)c2N)c1. The first-order valence-corrected chi connectivity index (χ1v) is 7.95. The van der Waals surface area contributed by atoms with Gasteiger partial charge in [0.2, 0.25) is 0 Å². The summed E-state index contributed by atoms with van der Waals surface area (Å²) in [5.74, 6) is 0.400. The summed E-state index contributed by atoms with van der Waals surface area (Å²) < 4.78 is 0. The van der Waals surface area contributed by atoms with Gasteiger partial charge in [0.15, 0.2) is 11.6 Å². The Morgan fingerprint density at radius 1 is 1.12 bits per heavy atom. The normalized spacial score (nSPS) is 10.2. The van der Waals surface area contributed by atoms with E-state index >= 15 is 0 Å². The van der Waals surface area contributed by atoms with E-state index in [1.807, 2.05) is 32.0 Å². The number of nitrogens with zero attached hydrogens (tertiary/aromatic N) is 3. The van der Waals surface area contributed by atoms with Gasteiger partial charge in [0.1, 0.15) is 12.0 Å². The number of nitrogen functional groups attached to an aromatic ring is 1. The number of nitrogens with two attached hydrogens (primary N) is 1. The number of rotatable bonds is 5. The van der Waals surface area contributed by atoms with Gasteiger partial charge in [-0.2, -0.15) is 0 Å². The number of benzene rings is 1. The Kier molecular flexibility index (Phi) is 4.93. The molecule has 0 spiro atoms. The van der Waals surface area contributed by atoms with Crippen molar-refractivity contribution in [3.63, 3.8) is 0 Å². The van der Waals surface area contributed by atoms with Crippen LogP contribution in [-0.2, 0) is 0 Å². The van der Waals surface area contributed by atoms with E-state index in [9.17, 15) is 4.79 Å². The lowest BCUT2D eigenvalue weighted by atomic mass is 10.1. The van der Waals surface area contributed by atoms with Crippen LogP contribution in [0.5, 0.6) is 0 Å². The van der Waals surface area contributed by atoms with Gasteiger partial charge in [-0.25, -0.2) is 9.97 Å². The number of carbonyl (C=O) groups excluding carboxylic acids is 1. The Morgan fingerprint density at radius 3 is 2.69 bits per heavy atom. The fraction of sp³-hybridized carbons (Fsp3) is 0.111. The molecule has 2 aromatic heterocycles. The molecule has 0 aliphatic carbocycles. The first kappa shape index (κ1) is 17.2. The number of aromatic nitrogens is 3. The van der Waals surface area contributed by atoms with E-state index in [1.54, 1.807) is 18.3 Å². The second-order valence-corrected chi connectivity index (χ2v) is 5.75. The molecule has 0 aliphatic rings. The maximum Gasteiger partial charge on any atom is 0.271 e. The third-order valence-electron chi connectivity index (χ3n) is 3.75. The van der Waals surface area contributed by atoms with Gasteiger partial charge in [0, 0.05) is 18.1 Å². The fourth-order valence-corrected chi connectivity index (χ4v) is 2.28. The van der Waals surface area contributed by atoms with E-state index in [0.29, 0.717) is 22.9 Å². The molecule has 1 aromatic carbocycles. The minimum Gasteiger partial charge on any atom is -0.393 e. The third-order valence-corrected chi connectivity index (χ3v) is 3.75. The number of carbonyl (C=O) groups is 1. The van der Waals surface area contributed by atoms with Crippen LogP contribution in [0.3, 0.4) is 0 Å². The Bertz CT molecular complexity index is 928. The van der Waals surface area contributed by atoms with Crippen molar-refractivity contribution >= 4 is 28.9 Å². The average Bonchev–Trinajstić information content (AvgIpc) is 2.66. The van der Waals surface area contributed by atoms with E-state index in [-0.39, 0.29) is 5.91 Å². The lowest BCUT2D eigenvalue weighted by molar-refractivity contribution is 0.0962. The highest BCUT2D eigenvalue weighted by Crippen LogP contribution is 2.27. The average molecular weight is 349 g/mol. The fourth-order valence-electron chi connectivity index (χ4n) is 2.28. The molecule has 5 N–H and O–H groups in total. The number of amides is 1. The molecule has 1 amide bonds. The lowest BCUT2D eigenvalue weighted by Gasteiger charge is -2.14. The zero-order valence-corrected chi connectivity index (χ0v) is 14.4. The first-order chi connectivity index (χ1) is 12.5. The van der Waals surface area contributed by atoms with E-state index in [4.69, 9.17) is 5.73 Å². The standard InChI is InChI=1S/C18H19N7O/c1-11-5-6-12(2)14(8-11)23-16-15(19)17(22-10-21-16)24-25-18(26)13-4-3-7-20-9-13/h3-10H,19H2,1-2H3,(H,25,26)(H2,21,22,23,24). The Balaban J connectivity index is 1.75. The zero-order chi connectivity index (χ0) is 18.5. The summed E-state index contributed by atoms with van der Waals surface area (Å²) in [6.07, 6.45) is 4.42. The molecule has 0 aliphatic heterocycles. The van der Waals surface area contributed by atoms with E-state index < -0.39 is 0 Å². The quantitative estimate of drug-likeness (QED) is 0.523. The summed E-state index contributed by atoms with van der Waals surface area (Å²) in [4.78, 5) is 24.2. The summed E-state index contributed by atoms with van der Waals surface area (Å²) >= 11 is 0. The van der Waals surface area contributed by atoms with E-state index in [1.165, 1.54) is 12.5 Å². The molecule has 0 bridgehead atoms. The highest BCUT2D eigenvalue weighted by molar-refractivity contribution is 5.94. The largest absolute Gasteiger partial charge is 0.393 e. The van der Waals surface area contributed by atoms with Crippen molar-refractivity contribution in [3.8, 4) is 0 Å². The van der Waals surface area contributed by atoms with Gasteiger partial charge < -0.3 is 11.1 Å². The van der Waals surface area contributed by atoms with Crippen LogP contribution in [0.4, 0.5) is 23.0 Å². The van der Waals surface area contributed by atoms with Crippen molar-refractivity contribution in [2.45, 2.75) is 13.8 Å². The molecule has 0 saturated heterocycles. The topological polar surface area (TPSA) is 118 Å². The second-order valence-electron chi connectivity index (χ2n) is 5.75. The van der Waals surface area contributed by atoms with Crippen molar-refractivity contribution in [2.75, 3.05) is 16.5 Å². The molecular formula is C18H19N7O. The van der Waals surface area contributed by atoms with E-state index in [0.717, 1.165) is 16.8 Å². The molecule has 3 rings (SSSR count). The first-order valence-electron chi connectivity index (χ1n) is 7.95. The molecule has 8 nitrogen and oxygen atoms in total. The second kappa shape index (κ2) is 7.47. The highest BCUT2D eigenvalue weighted by atomic mass is 16.2. The molecule has 0 unspecified atom stereocenters. The van der Waals surface area contributed by atoms with Gasteiger partial charge in [0.05, 0.1) is 5.56 Å². The molecular weight excluding hydrogens is 330 g/mol. The van der Waals surface area contributed by atoms with Crippen LogP contribution in [0.25, 0.3) is 0 Å². The maximum atomic E-state index is 12.1. The number of hydrazine groups is 1. The van der Waals surface area contributed by atoms with Crippen molar-refractivity contribution in [1.82, 2.24) is 20.4 Å². The van der Waals surface area contributed by atoms with Crippen molar-refractivity contribution in [2.24, 2.45) is 0 Å². The van der Waals surface area contributed by atoms with E-state index in [2.05, 4.69) is 31.1 Å². The molecule has 0 saturated carbocycles. The summed E-state index contributed by atoms with van der Waals surface area (Å²) in [7, 11) is 0. The zero-order valence-electron chi connectivity index (χ0n) is 14.4. The summed E-state index contributed by atoms with van der Waals surface area (Å²) in [5, 5.41) is 3.20. The van der Waals surface area contributed by atoms with Gasteiger partial charge in [-0.1, -0.05) is 12.1 Å². The molecule has 0 fully saturated rings. The molecule has 26 heavy (non-hydrogen) atoms. The van der Waals surface area contributed by atoms with Crippen molar-refractivity contribution in [1.29, 1.82) is 0 Å². The lowest BCUT2D eigenvalue weighted by Crippen LogP contribution is -2.30. The molecule has 2 heterocycles. The van der Waals surface area contributed by atoms with Crippen molar-refractivity contribution in [3.05, 3.63) is 65.7 Å². The van der Waals surface area contributed by atoms with Crippen LogP contribution in [0, 0.1) is 13.8 Å². The number of aryl methyl sites for hydroxylation is 2. The summed E-state index contributed by atoms with van der Waals surface area (Å²) in [6, 6.07) is 9.39. The predicted molar refractivity (Wildman–Crippen MR) is 101 cm³/mol. The van der Waals surface area contributed by atoms with Crippen LogP contribution in [-0.4, -0.2) is 20.9 Å².